The number of tetrazole rings is 1. The van der Waals surface area contributed by atoms with Crippen molar-refractivity contribution < 1.29 is 18.6 Å². The summed E-state index contributed by atoms with van der Waals surface area (Å²) >= 11 is 1.42. The molecule has 0 aliphatic heterocycles. The lowest BCUT2D eigenvalue weighted by molar-refractivity contribution is -0.0294. The van der Waals surface area contributed by atoms with Crippen LogP contribution in [-0.2, 0) is 0 Å². The molecule has 126 valence electrons. The molecule has 0 saturated carbocycles. The van der Waals surface area contributed by atoms with Crippen LogP contribution in [0.1, 0.15) is 18.2 Å². The van der Waals surface area contributed by atoms with E-state index in [1.807, 2.05) is 12.1 Å². The molecule has 0 spiro atoms. The van der Waals surface area contributed by atoms with Gasteiger partial charge >= 0.3 is 0 Å². The minimum atomic E-state index is -2.11. The summed E-state index contributed by atoms with van der Waals surface area (Å²) in [6.45, 7) is 0. The Kier molecular flexibility index (Phi) is 4.76. The Bertz CT molecular complexity index is 781. The van der Waals surface area contributed by atoms with Crippen LogP contribution in [0.4, 0.5) is 8.78 Å². The maximum atomic E-state index is 14.3. The van der Waals surface area contributed by atoms with Gasteiger partial charge in [0.05, 0.1) is 12.8 Å². The van der Waals surface area contributed by atoms with Gasteiger partial charge in [-0.25, -0.2) is 8.78 Å². The predicted octanol–water partition coefficient (Wildman–Crippen LogP) is 2.34. The number of pyridine rings is 1. The minimum Gasteiger partial charge on any atom is -0.487 e. The first-order valence-electron chi connectivity index (χ1n) is 6.89. The lowest BCUT2D eigenvalue weighted by Gasteiger charge is -2.18. The van der Waals surface area contributed by atoms with Crippen LogP contribution in [0.2, 0.25) is 0 Å². The molecule has 1 N–H and O–H groups in total. The molecular weight excluding hydrogens is 340 g/mol. The fourth-order valence-corrected chi connectivity index (χ4v) is 2.86. The molecule has 0 radical (unpaired) electrons. The fraction of sp³-hybridized carbons (Fsp3) is 0.286. The summed E-state index contributed by atoms with van der Waals surface area (Å²) in [4.78, 5) is 4.88. The van der Waals surface area contributed by atoms with Gasteiger partial charge in [-0.3, -0.25) is 4.98 Å². The van der Waals surface area contributed by atoms with Crippen molar-refractivity contribution in [2.24, 2.45) is 0 Å². The number of halogens is 2. The summed E-state index contributed by atoms with van der Waals surface area (Å²) in [6, 6.07) is 6.73. The molecule has 0 aromatic carbocycles. The van der Waals surface area contributed by atoms with Crippen LogP contribution < -0.4 is 4.74 Å². The van der Waals surface area contributed by atoms with E-state index < -0.39 is 18.6 Å². The summed E-state index contributed by atoms with van der Waals surface area (Å²) in [5.41, 5.74) is 0.691. The van der Waals surface area contributed by atoms with Crippen molar-refractivity contribution in [3.05, 3.63) is 42.5 Å². The molecular formula is C14H13F2N5O2S. The molecule has 10 heteroatoms. The van der Waals surface area contributed by atoms with Gasteiger partial charge in [0.25, 0.3) is 0 Å². The van der Waals surface area contributed by atoms with E-state index in [1.165, 1.54) is 23.6 Å². The second-order valence-corrected chi connectivity index (χ2v) is 5.90. The first-order chi connectivity index (χ1) is 11.6. The second-order valence-electron chi connectivity index (χ2n) is 4.85. The van der Waals surface area contributed by atoms with E-state index in [1.54, 1.807) is 13.2 Å². The number of nitrogens with zero attached hydrogens (tertiary/aromatic N) is 5. The highest BCUT2D eigenvalue weighted by molar-refractivity contribution is 7.17. The number of aliphatic hydroxyl groups excluding tert-OH is 1. The number of rotatable bonds is 6. The minimum absolute atomic E-state index is 0.0782. The van der Waals surface area contributed by atoms with E-state index in [9.17, 15) is 13.9 Å². The Hall–Kier alpha value is -2.46. The number of hydrogen-bond donors (Lipinski definition) is 1. The van der Waals surface area contributed by atoms with E-state index >= 15 is 0 Å². The zero-order chi connectivity index (χ0) is 17.1. The van der Waals surface area contributed by atoms with E-state index in [4.69, 9.17) is 4.74 Å². The molecule has 3 aromatic heterocycles. The maximum absolute atomic E-state index is 14.3. The molecule has 0 bridgehead atoms. The maximum Gasteiger partial charge on any atom is 0.224 e. The molecule has 3 unspecified atom stereocenters. The number of aromatic nitrogens is 5. The molecule has 0 saturated heterocycles. The summed E-state index contributed by atoms with van der Waals surface area (Å²) in [5.74, 6) is 0. The fourth-order valence-electron chi connectivity index (χ4n) is 2.05. The first kappa shape index (κ1) is 16.4. The Morgan fingerprint density at radius 1 is 1.25 bits per heavy atom. The molecule has 0 amide bonds. The van der Waals surface area contributed by atoms with Gasteiger partial charge in [-0.15, -0.1) is 5.10 Å². The van der Waals surface area contributed by atoms with E-state index in [-0.39, 0.29) is 5.69 Å². The van der Waals surface area contributed by atoms with Crippen LogP contribution >= 0.6 is 11.3 Å². The monoisotopic (exact) mass is 353 g/mol. The molecule has 0 aliphatic carbocycles. The summed E-state index contributed by atoms with van der Waals surface area (Å²) in [7, 11) is 1.57. The number of hydrogen-bond acceptors (Lipinski definition) is 7. The highest BCUT2D eigenvalue weighted by atomic mass is 32.1. The first-order valence-corrected chi connectivity index (χ1v) is 7.70. The zero-order valence-electron chi connectivity index (χ0n) is 12.5. The van der Waals surface area contributed by atoms with Gasteiger partial charge in [0.1, 0.15) is 12.4 Å². The smallest absolute Gasteiger partial charge is 0.224 e. The van der Waals surface area contributed by atoms with E-state index in [0.29, 0.717) is 4.68 Å². The molecule has 3 rings (SSSR count). The van der Waals surface area contributed by atoms with Gasteiger partial charge in [-0.1, -0.05) is 17.4 Å². The third-order valence-corrected chi connectivity index (χ3v) is 4.43. The van der Waals surface area contributed by atoms with Crippen LogP contribution in [0.3, 0.4) is 0 Å². The van der Waals surface area contributed by atoms with Crippen molar-refractivity contribution in [2.75, 3.05) is 7.11 Å². The largest absolute Gasteiger partial charge is 0.487 e. The predicted molar refractivity (Wildman–Crippen MR) is 81.9 cm³/mol. The number of alkyl halides is 2. The van der Waals surface area contributed by atoms with E-state index in [2.05, 4.69) is 20.5 Å². The topological polar surface area (TPSA) is 86.0 Å². The van der Waals surface area contributed by atoms with Crippen molar-refractivity contribution in [3.63, 3.8) is 0 Å². The average molecular weight is 353 g/mol. The molecule has 7 nitrogen and oxygen atoms in total. The second kappa shape index (κ2) is 6.97. The molecule has 3 aromatic rings. The van der Waals surface area contributed by atoms with Gasteiger partial charge in [-0.05, 0) is 28.6 Å². The van der Waals surface area contributed by atoms with Gasteiger partial charge in [0.2, 0.25) is 6.30 Å². The van der Waals surface area contributed by atoms with Crippen LogP contribution in [0.25, 0.3) is 10.4 Å². The highest BCUT2D eigenvalue weighted by Gasteiger charge is 2.32. The van der Waals surface area contributed by atoms with E-state index in [0.717, 1.165) is 21.8 Å². The lowest BCUT2D eigenvalue weighted by Crippen LogP contribution is -2.26. The standard InChI is InChI=1S/C14H13F2N5O2S/c1-23-11-5-4-10(24-11)8-2-3-9(17-6-8)12(15)13(22)14(16)21-7-18-19-20-21/h2-7,12-14,22H,1H3. The number of aliphatic hydroxyl groups is 1. The van der Waals surface area contributed by atoms with Crippen LogP contribution in [0.15, 0.2) is 36.8 Å². The summed E-state index contributed by atoms with van der Waals surface area (Å²) in [6.07, 6.45) is -3.69. The molecule has 0 aliphatic rings. The Morgan fingerprint density at radius 2 is 2.08 bits per heavy atom. The number of ether oxygens (including phenoxy) is 1. The zero-order valence-corrected chi connectivity index (χ0v) is 13.3. The quantitative estimate of drug-likeness (QED) is 0.732. The molecule has 3 heterocycles. The van der Waals surface area contributed by atoms with Crippen molar-refractivity contribution >= 4 is 11.3 Å². The Balaban J connectivity index is 1.74. The van der Waals surface area contributed by atoms with Gasteiger partial charge in [0.15, 0.2) is 11.2 Å². The summed E-state index contributed by atoms with van der Waals surface area (Å²) < 4.78 is 34.0. The Morgan fingerprint density at radius 3 is 2.67 bits per heavy atom. The average Bonchev–Trinajstić information content (AvgIpc) is 3.31. The van der Waals surface area contributed by atoms with Gasteiger partial charge in [-0.2, -0.15) is 4.68 Å². The van der Waals surface area contributed by atoms with Crippen LogP contribution in [-0.4, -0.2) is 43.5 Å². The summed E-state index contributed by atoms with van der Waals surface area (Å²) in [5, 5.41) is 20.3. The molecule has 3 atom stereocenters. The number of thiophene rings is 1. The third kappa shape index (κ3) is 3.24. The third-order valence-electron chi connectivity index (χ3n) is 3.34. The lowest BCUT2D eigenvalue weighted by atomic mass is 10.1. The molecule has 24 heavy (non-hydrogen) atoms. The normalized spacial score (nSPS) is 15.0. The van der Waals surface area contributed by atoms with Gasteiger partial charge < -0.3 is 9.84 Å². The van der Waals surface area contributed by atoms with Gasteiger partial charge in [0, 0.05) is 16.6 Å². The van der Waals surface area contributed by atoms with Crippen molar-refractivity contribution in [1.29, 1.82) is 0 Å². The Labute approximate surface area is 139 Å². The van der Waals surface area contributed by atoms with Crippen LogP contribution in [0, 0.1) is 0 Å². The highest BCUT2D eigenvalue weighted by Crippen LogP contribution is 2.33. The number of methoxy groups -OCH3 is 1. The van der Waals surface area contributed by atoms with Crippen molar-refractivity contribution in [1.82, 2.24) is 25.2 Å². The SMILES string of the molecule is COc1ccc(-c2ccc(C(F)C(O)C(F)n3cnnn3)nc2)s1. The van der Waals surface area contributed by atoms with Crippen molar-refractivity contribution in [3.8, 4) is 15.5 Å². The van der Waals surface area contributed by atoms with Crippen molar-refractivity contribution in [2.45, 2.75) is 18.6 Å². The molecule has 0 fully saturated rings. The van der Waals surface area contributed by atoms with Crippen LogP contribution in [0.5, 0.6) is 5.06 Å².